The maximum Gasteiger partial charge on any atom is 1.00 e. The molecule has 0 heterocycles. The third kappa shape index (κ3) is 52.4. The molecule has 324 valence electrons. The Labute approximate surface area is 370 Å². The summed E-state index contributed by atoms with van der Waals surface area (Å²) in [4.78, 5) is 13.5. The molecule has 4 heteroatoms. The predicted molar refractivity (Wildman–Crippen MR) is 241 cm³/mol. The Morgan fingerprint density at radius 2 is 0.455 bits per heavy atom. The molecule has 0 aromatic heterocycles. The molecule has 0 amide bonds. The molecular formula is C51H102NNaO2. The first-order chi connectivity index (χ1) is 26.7. The van der Waals surface area contributed by atoms with Crippen molar-refractivity contribution in [2.75, 3.05) is 19.6 Å². The summed E-state index contributed by atoms with van der Waals surface area (Å²) in [6.45, 7) is 8.06. The molecule has 0 rings (SSSR count). The van der Waals surface area contributed by atoms with E-state index < -0.39 is 5.97 Å². The number of nitrogens with zero attached hydrogens (tertiary/aromatic N) is 1. The van der Waals surface area contributed by atoms with Crippen LogP contribution in [0.5, 0.6) is 0 Å². The van der Waals surface area contributed by atoms with Gasteiger partial charge in [-0.2, -0.15) is 0 Å². The first-order valence-corrected chi connectivity index (χ1v) is 25.6. The van der Waals surface area contributed by atoms with Crippen molar-refractivity contribution in [1.82, 2.24) is 4.90 Å². The Balaban J connectivity index is 0. The van der Waals surface area contributed by atoms with E-state index >= 15 is 0 Å². The molecule has 0 unspecified atom stereocenters. The van der Waals surface area contributed by atoms with E-state index in [2.05, 4.69) is 18.7 Å². The normalized spacial score (nSPS) is 11.5. The molecule has 0 N–H and O–H groups in total. The topological polar surface area (TPSA) is 43.4 Å². The molecule has 0 aliphatic carbocycles. The summed E-state index contributed by atoms with van der Waals surface area (Å²) in [7, 11) is 0. The van der Waals surface area contributed by atoms with Gasteiger partial charge in [-0.05, 0) is 51.7 Å². The molecule has 0 aliphatic rings. The molecule has 3 nitrogen and oxygen atoms in total. The molecule has 0 radical (unpaired) electrons. The van der Waals surface area contributed by atoms with Crippen molar-refractivity contribution in [3.63, 3.8) is 0 Å². The summed E-state index contributed by atoms with van der Waals surface area (Å²) in [6, 6.07) is 0. The number of hydrogen-bond donors (Lipinski definition) is 0. The van der Waals surface area contributed by atoms with E-state index in [1.54, 1.807) is 0 Å². The van der Waals surface area contributed by atoms with Crippen molar-refractivity contribution in [2.45, 2.75) is 303 Å². The van der Waals surface area contributed by atoms with E-state index in [0.29, 0.717) is 0 Å². The van der Waals surface area contributed by atoms with E-state index in [-0.39, 0.29) is 36.0 Å². The van der Waals surface area contributed by atoms with E-state index in [9.17, 15) is 9.90 Å². The van der Waals surface area contributed by atoms with Gasteiger partial charge in [0.25, 0.3) is 0 Å². The number of carbonyl (C=O) groups is 1. The van der Waals surface area contributed by atoms with Crippen LogP contribution >= 0.6 is 0 Å². The molecule has 0 aromatic rings. The standard InChI is InChI=1S/C51H103NO2.Na/c1-3-5-7-9-11-13-15-17-19-21-23-25-27-29-31-33-35-37-39-41-44-48-52(50-46-43-47-51(53)54)49-45-42-40-38-36-34-32-30-28-26-24-22-20-18-16-14-12-10-8-6-4-2;/h3-50H2,1-2H3,(H,53,54);/q;+1/p-1. The summed E-state index contributed by atoms with van der Waals surface area (Å²) in [6.07, 6.45) is 62.1. The van der Waals surface area contributed by atoms with Gasteiger partial charge in [-0.3, -0.25) is 0 Å². The largest absolute Gasteiger partial charge is 1.00 e. The summed E-state index contributed by atoms with van der Waals surface area (Å²) < 4.78 is 0. The van der Waals surface area contributed by atoms with Gasteiger partial charge in [-0.1, -0.05) is 271 Å². The van der Waals surface area contributed by atoms with Gasteiger partial charge in [0.05, 0.1) is 0 Å². The van der Waals surface area contributed by atoms with Crippen molar-refractivity contribution in [2.24, 2.45) is 0 Å². The minimum Gasteiger partial charge on any atom is -0.550 e. The Bertz CT molecular complexity index is 642. The van der Waals surface area contributed by atoms with Gasteiger partial charge in [0, 0.05) is 5.97 Å². The average Bonchev–Trinajstić information content (AvgIpc) is 3.17. The van der Waals surface area contributed by atoms with Crippen molar-refractivity contribution in [1.29, 1.82) is 0 Å². The van der Waals surface area contributed by atoms with Gasteiger partial charge >= 0.3 is 29.6 Å². The number of unbranched alkanes of at least 4 members (excludes halogenated alkanes) is 41. The van der Waals surface area contributed by atoms with Crippen LogP contribution in [0.4, 0.5) is 0 Å². The molecule has 0 spiro atoms. The zero-order chi connectivity index (χ0) is 39.1. The minimum atomic E-state index is -0.893. The van der Waals surface area contributed by atoms with Gasteiger partial charge in [0.1, 0.15) is 0 Å². The second-order valence-electron chi connectivity index (χ2n) is 17.8. The third-order valence-corrected chi connectivity index (χ3v) is 12.3. The molecule has 0 atom stereocenters. The first-order valence-electron chi connectivity index (χ1n) is 25.6. The summed E-state index contributed by atoms with van der Waals surface area (Å²) in [5.74, 6) is -0.893. The molecule has 0 bridgehead atoms. The number of rotatable bonds is 49. The molecule has 0 fully saturated rings. The van der Waals surface area contributed by atoms with E-state index in [1.807, 2.05) is 0 Å². The van der Waals surface area contributed by atoms with Crippen LogP contribution < -0.4 is 34.7 Å². The molecule has 0 saturated heterocycles. The molecule has 0 aliphatic heterocycles. The summed E-state index contributed by atoms with van der Waals surface area (Å²) >= 11 is 0. The van der Waals surface area contributed by atoms with Crippen molar-refractivity contribution in [3.8, 4) is 0 Å². The first kappa shape index (κ1) is 57.5. The van der Waals surface area contributed by atoms with Crippen LogP contribution in [0.25, 0.3) is 0 Å². The fourth-order valence-corrected chi connectivity index (χ4v) is 8.47. The van der Waals surface area contributed by atoms with Crippen molar-refractivity contribution < 1.29 is 39.5 Å². The van der Waals surface area contributed by atoms with Gasteiger partial charge < -0.3 is 14.8 Å². The zero-order valence-electron chi connectivity index (χ0n) is 38.7. The number of aliphatic carboxylic acids is 1. The van der Waals surface area contributed by atoms with Gasteiger partial charge in [-0.25, -0.2) is 0 Å². The smallest absolute Gasteiger partial charge is 0.550 e. The molecule has 55 heavy (non-hydrogen) atoms. The van der Waals surface area contributed by atoms with Gasteiger partial charge in [-0.15, -0.1) is 0 Å². The van der Waals surface area contributed by atoms with Crippen LogP contribution in [-0.2, 0) is 4.79 Å². The second kappa shape index (κ2) is 52.4. The number of carboxylic acid groups (broad SMARTS) is 1. The predicted octanol–water partition coefficient (Wildman–Crippen LogP) is 13.6. The summed E-state index contributed by atoms with van der Waals surface area (Å²) in [5.41, 5.74) is 0. The fraction of sp³-hybridized carbons (Fsp3) is 0.980. The van der Waals surface area contributed by atoms with Crippen LogP contribution in [-0.4, -0.2) is 30.5 Å². The van der Waals surface area contributed by atoms with E-state index in [4.69, 9.17) is 0 Å². The van der Waals surface area contributed by atoms with E-state index in [1.165, 1.54) is 283 Å². The minimum absolute atomic E-state index is 0. The van der Waals surface area contributed by atoms with Gasteiger partial charge in [0.15, 0.2) is 0 Å². The van der Waals surface area contributed by atoms with Crippen molar-refractivity contribution in [3.05, 3.63) is 0 Å². The van der Waals surface area contributed by atoms with Crippen LogP contribution in [0, 0.1) is 0 Å². The molecule has 0 saturated carbocycles. The Hall–Kier alpha value is 0.430. The maximum absolute atomic E-state index is 10.9. The second-order valence-corrected chi connectivity index (χ2v) is 17.8. The monoisotopic (exact) mass is 784 g/mol. The fourth-order valence-electron chi connectivity index (χ4n) is 8.47. The number of carboxylic acids is 1. The van der Waals surface area contributed by atoms with Crippen LogP contribution in [0.15, 0.2) is 0 Å². The summed E-state index contributed by atoms with van der Waals surface area (Å²) in [5, 5.41) is 10.9. The van der Waals surface area contributed by atoms with Crippen LogP contribution in [0.2, 0.25) is 0 Å². The SMILES string of the molecule is CCCCCCCCCCCCCCCCCCCCCCCN(CCCCCCCCCCCCCCCCCCCCCCC)CCCCC(=O)[O-].[Na+]. The molecular weight excluding hydrogens is 682 g/mol. The van der Waals surface area contributed by atoms with E-state index in [0.717, 1.165) is 19.4 Å². The Morgan fingerprint density at radius 1 is 0.291 bits per heavy atom. The van der Waals surface area contributed by atoms with Crippen LogP contribution in [0.1, 0.15) is 303 Å². The average molecular weight is 784 g/mol. The Kier molecular flexibility index (Phi) is 54.9. The Morgan fingerprint density at radius 3 is 0.636 bits per heavy atom. The number of hydrogen-bond acceptors (Lipinski definition) is 3. The number of carbonyl (C=O) groups excluding carboxylic acids is 1. The maximum atomic E-state index is 10.9. The van der Waals surface area contributed by atoms with Gasteiger partial charge in [0.2, 0.25) is 0 Å². The van der Waals surface area contributed by atoms with Crippen LogP contribution in [0.3, 0.4) is 0 Å². The quantitative estimate of drug-likeness (QED) is 0.0456. The molecule has 0 aromatic carbocycles. The van der Waals surface area contributed by atoms with Crippen molar-refractivity contribution >= 4 is 5.97 Å². The third-order valence-electron chi connectivity index (χ3n) is 12.3. The zero-order valence-corrected chi connectivity index (χ0v) is 40.7.